The lowest BCUT2D eigenvalue weighted by Crippen LogP contribution is -2.53. The standard InChI is InChI=1S/C13H20N2O2/c1-12(2,3)17-9-13(15,11(14)16)10-7-5-4-6-8-10/h4-8H,9,15H2,1-3H3,(H2,14,16). The van der Waals surface area contributed by atoms with Gasteiger partial charge < -0.3 is 16.2 Å². The van der Waals surface area contributed by atoms with Gasteiger partial charge in [-0.25, -0.2) is 0 Å². The lowest BCUT2D eigenvalue weighted by atomic mass is 9.91. The maximum Gasteiger partial charge on any atom is 0.244 e. The van der Waals surface area contributed by atoms with E-state index in [1.807, 2.05) is 39.0 Å². The smallest absolute Gasteiger partial charge is 0.244 e. The Balaban J connectivity index is 2.95. The molecular weight excluding hydrogens is 216 g/mol. The van der Waals surface area contributed by atoms with Gasteiger partial charge in [-0.05, 0) is 26.3 Å². The van der Waals surface area contributed by atoms with Crippen LogP contribution in [0, 0.1) is 0 Å². The van der Waals surface area contributed by atoms with E-state index in [1.165, 1.54) is 0 Å². The number of ether oxygens (including phenoxy) is 1. The number of benzene rings is 1. The molecule has 1 aromatic carbocycles. The van der Waals surface area contributed by atoms with E-state index >= 15 is 0 Å². The van der Waals surface area contributed by atoms with Crippen molar-refractivity contribution in [3.05, 3.63) is 35.9 Å². The van der Waals surface area contributed by atoms with Gasteiger partial charge in [0, 0.05) is 0 Å². The lowest BCUT2D eigenvalue weighted by Gasteiger charge is -2.30. The molecule has 1 aromatic rings. The highest BCUT2D eigenvalue weighted by Gasteiger charge is 2.35. The minimum Gasteiger partial charge on any atom is -0.373 e. The van der Waals surface area contributed by atoms with Gasteiger partial charge in [-0.15, -0.1) is 0 Å². The number of carbonyl (C=O) groups is 1. The average Bonchev–Trinajstić information content (AvgIpc) is 2.26. The summed E-state index contributed by atoms with van der Waals surface area (Å²) in [6.45, 7) is 5.77. The van der Waals surface area contributed by atoms with Gasteiger partial charge >= 0.3 is 0 Å². The largest absolute Gasteiger partial charge is 0.373 e. The third-order valence-corrected chi connectivity index (χ3v) is 2.46. The Morgan fingerprint density at radius 3 is 2.18 bits per heavy atom. The quantitative estimate of drug-likeness (QED) is 0.822. The van der Waals surface area contributed by atoms with E-state index in [4.69, 9.17) is 16.2 Å². The van der Waals surface area contributed by atoms with Crippen molar-refractivity contribution in [1.29, 1.82) is 0 Å². The Labute approximate surface area is 102 Å². The zero-order valence-electron chi connectivity index (χ0n) is 10.6. The molecule has 4 nitrogen and oxygen atoms in total. The molecule has 17 heavy (non-hydrogen) atoms. The zero-order valence-corrected chi connectivity index (χ0v) is 10.6. The van der Waals surface area contributed by atoms with Crippen molar-refractivity contribution in [2.45, 2.75) is 31.9 Å². The predicted octanol–water partition coefficient (Wildman–Crippen LogP) is 1.14. The van der Waals surface area contributed by atoms with E-state index in [0.29, 0.717) is 5.56 Å². The number of nitrogens with two attached hydrogens (primary N) is 2. The molecule has 0 aliphatic heterocycles. The van der Waals surface area contributed by atoms with Crippen LogP contribution in [0.5, 0.6) is 0 Å². The van der Waals surface area contributed by atoms with Crippen molar-refractivity contribution in [1.82, 2.24) is 0 Å². The van der Waals surface area contributed by atoms with Gasteiger partial charge in [-0.1, -0.05) is 30.3 Å². The second-order valence-electron chi connectivity index (χ2n) is 5.10. The first kappa shape index (κ1) is 13.7. The first-order valence-corrected chi connectivity index (χ1v) is 5.54. The number of amides is 1. The first-order valence-electron chi connectivity index (χ1n) is 5.54. The molecule has 0 aliphatic carbocycles. The fraction of sp³-hybridized carbons (Fsp3) is 0.462. The average molecular weight is 236 g/mol. The highest BCUT2D eigenvalue weighted by atomic mass is 16.5. The molecule has 94 valence electrons. The Kier molecular flexibility index (Phi) is 3.91. The molecule has 4 heteroatoms. The lowest BCUT2D eigenvalue weighted by molar-refractivity contribution is -0.128. The molecule has 1 atom stereocenters. The zero-order chi connectivity index (χ0) is 13.1. The highest BCUT2D eigenvalue weighted by molar-refractivity contribution is 5.86. The van der Waals surface area contributed by atoms with Gasteiger partial charge in [0.05, 0.1) is 12.2 Å². The Morgan fingerprint density at radius 2 is 1.76 bits per heavy atom. The second-order valence-corrected chi connectivity index (χ2v) is 5.10. The summed E-state index contributed by atoms with van der Waals surface area (Å²) in [5.41, 5.74) is 10.5. The molecule has 1 unspecified atom stereocenters. The van der Waals surface area contributed by atoms with Crippen LogP contribution < -0.4 is 11.5 Å². The van der Waals surface area contributed by atoms with Crippen LogP contribution in [0.3, 0.4) is 0 Å². The van der Waals surface area contributed by atoms with Crippen LogP contribution in [0.2, 0.25) is 0 Å². The molecule has 1 amide bonds. The van der Waals surface area contributed by atoms with Gasteiger partial charge in [-0.3, -0.25) is 4.79 Å². The maximum atomic E-state index is 11.6. The molecule has 0 aliphatic rings. The van der Waals surface area contributed by atoms with Crippen molar-refractivity contribution < 1.29 is 9.53 Å². The summed E-state index contributed by atoms with van der Waals surface area (Å²) >= 11 is 0. The summed E-state index contributed by atoms with van der Waals surface area (Å²) in [6.07, 6.45) is 0. The number of hydrogen-bond donors (Lipinski definition) is 2. The molecular formula is C13H20N2O2. The van der Waals surface area contributed by atoms with Crippen LogP contribution in [0.25, 0.3) is 0 Å². The molecule has 0 fully saturated rings. The molecule has 0 saturated heterocycles. The summed E-state index contributed by atoms with van der Waals surface area (Å²) in [7, 11) is 0. The van der Waals surface area contributed by atoms with E-state index < -0.39 is 11.4 Å². The topological polar surface area (TPSA) is 78.3 Å². The van der Waals surface area contributed by atoms with E-state index in [-0.39, 0.29) is 12.2 Å². The van der Waals surface area contributed by atoms with Crippen molar-refractivity contribution in [2.24, 2.45) is 11.5 Å². The number of hydrogen-bond acceptors (Lipinski definition) is 3. The summed E-state index contributed by atoms with van der Waals surface area (Å²) < 4.78 is 5.58. The summed E-state index contributed by atoms with van der Waals surface area (Å²) in [5, 5.41) is 0. The van der Waals surface area contributed by atoms with Crippen molar-refractivity contribution in [3.8, 4) is 0 Å². The molecule has 0 radical (unpaired) electrons. The van der Waals surface area contributed by atoms with E-state index in [0.717, 1.165) is 0 Å². The van der Waals surface area contributed by atoms with Gasteiger partial charge in [0.15, 0.2) is 0 Å². The third kappa shape index (κ3) is 3.54. The fourth-order valence-electron chi connectivity index (χ4n) is 1.36. The molecule has 4 N–H and O–H groups in total. The molecule has 0 aromatic heterocycles. The highest BCUT2D eigenvalue weighted by Crippen LogP contribution is 2.21. The number of carbonyl (C=O) groups excluding carboxylic acids is 1. The van der Waals surface area contributed by atoms with Crippen LogP contribution in [-0.4, -0.2) is 18.1 Å². The van der Waals surface area contributed by atoms with Crippen LogP contribution in [0.15, 0.2) is 30.3 Å². The Bertz CT molecular complexity index is 384. The molecule has 0 bridgehead atoms. The van der Waals surface area contributed by atoms with Gasteiger partial charge in [-0.2, -0.15) is 0 Å². The predicted molar refractivity (Wildman–Crippen MR) is 67.2 cm³/mol. The SMILES string of the molecule is CC(C)(C)OCC(N)(C(N)=O)c1ccccc1. The molecule has 1 rings (SSSR count). The normalized spacial score (nSPS) is 15.3. The van der Waals surface area contributed by atoms with Crippen molar-refractivity contribution >= 4 is 5.91 Å². The van der Waals surface area contributed by atoms with Crippen LogP contribution in [0.1, 0.15) is 26.3 Å². The summed E-state index contributed by atoms with van der Waals surface area (Å²) in [5.74, 6) is -0.590. The van der Waals surface area contributed by atoms with E-state index in [9.17, 15) is 4.79 Å². The van der Waals surface area contributed by atoms with Gasteiger partial charge in [0.2, 0.25) is 5.91 Å². The second kappa shape index (κ2) is 4.85. The van der Waals surface area contributed by atoms with Crippen molar-refractivity contribution in [3.63, 3.8) is 0 Å². The van der Waals surface area contributed by atoms with Gasteiger partial charge in [0.25, 0.3) is 0 Å². The number of primary amides is 1. The third-order valence-electron chi connectivity index (χ3n) is 2.46. The van der Waals surface area contributed by atoms with Crippen LogP contribution >= 0.6 is 0 Å². The minimum atomic E-state index is -1.28. The Hall–Kier alpha value is -1.39. The van der Waals surface area contributed by atoms with Crippen LogP contribution in [-0.2, 0) is 15.1 Å². The summed E-state index contributed by atoms with van der Waals surface area (Å²) in [6, 6.07) is 9.04. The first-order chi connectivity index (χ1) is 7.76. The monoisotopic (exact) mass is 236 g/mol. The van der Waals surface area contributed by atoms with Crippen molar-refractivity contribution in [2.75, 3.05) is 6.61 Å². The molecule has 0 spiro atoms. The van der Waals surface area contributed by atoms with E-state index in [2.05, 4.69) is 0 Å². The summed E-state index contributed by atoms with van der Waals surface area (Å²) in [4.78, 5) is 11.6. The van der Waals surface area contributed by atoms with E-state index in [1.54, 1.807) is 12.1 Å². The van der Waals surface area contributed by atoms with Crippen LogP contribution in [0.4, 0.5) is 0 Å². The maximum absolute atomic E-state index is 11.6. The number of rotatable bonds is 4. The Morgan fingerprint density at radius 1 is 1.24 bits per heavy atom. The molecule has 0 saturated carbocycles. The van der Waals surface area contributed by atoms with Gasteiger partial charge in [0.1, 0.15) is 5.54 Å². The minimum absolute atomic E-state index is 0.0653. The molecule has 0 heterocycles. The fourth-order valence-corrected chi connectivity index (χ4v) is 1.36.